The van der Waals surface area contributed by atoms with Gasteiger partial charge in [0.2, 0.25) is 0 Å². The van der Waals surface area contributed by atoms with Gasteiger partial charge in [-0.3, -0.25) is 14.6 Å². The average Bonchev–Trinajstić information content (AvgIpc) is 3.32. The number of pyridine rings is 1. The number of nitrogens with zero attached hydrogens (tertiary/aromatic N) is 3. The number of rotatable bonds is 4. The lowest BCUT2D eigenvalue weighted by atomic mass is 10.1. The van der Waals surface area contributed by atoms with Gasteiger partial charge in [-0.2, -0.15) is 5.10 Å². The fraction of sp³-hybridized carbons (Fsp3) is 0.375. The zero-order valence-corrected chi connectivity index (χ0v) is 12.6. The van der Waals surface area contributed by atoms with E-state index in [1.807, 2.05) is 19.1 Å². The van der Waals surface area contributed by atoms with Crippen LogP contribution < -0.4 is 10.9 Å². The fourth-order valence-corrected chi connectivity index (χ4v) is 2.43. The third-order valence-corrected chi connectivity index (χ3v) is 3.83. The summed E-state index contributed by atoms with van der Waals surface area (Å²) in [4.78, 5) is 28.1. The van der Waals surface area contributed by atoms with Crippen molar-refractivity contribution in [3.05, 3.63) is 57.8 Å². The number of nitrogens with one attached hydrogen (secondary N) is 1. The van der Waals surface area contributed by atoms with Gasteiger partial charge in [0.1, 0.15) is 5.69 Å². The number of hydrogen-bond donors (Lipinski definition) is 1. The molecule has 22 heavy (non-hydrogen) atoms. The first-order valence-electron chi connectivity index (χ1n) is 7.32. The van der Waals surface area contributed by atoms with Crippen molar-refractivity contribution >= 4 is 5.91 Å². The van der Waals surface area contributed by atoms with Crippen LogP contribution in [-0.2, 0) is 7.05 Å². The lowest BCUT2D eigenvalue weighted by molar-refractivity contribution is 0.0923. The number of carbonyl (C=O) groups excluding carboxylic acids is 1. The van der Waals surface area contributed by atoms with E-state index in [2.05, 4.69) is 15.4 Å². The Balaban J connectivity index is 1.83. The summed E-state index contributed by atoms with van der Waals surface area (Å²) in [7, 11) is 1.53. The Labute approximate surface area is 128 Å². The molecule has 1 aliphatic carbocycles. The Morgan fingerprint density at radius 2 is 2.14 bits per heavy atom. The van der Waals surface area contributed by atoms with Crippen LogP contribution in [0.1, 0.15) is 40.6 Å². The Morgan fingerprint density at radius 1 is 1.36 bits per heavy atom. The van der Waals surface area contributed by atoms with Gasteiger partial charge >= 0.3 is 0 Å². The fourth-order valence-electron chi connectivity index (χ4n) is 2.43. The standard InChI is InChI=1S/C16H18N4O2/c1-10-7-8-17-13(9-10)15(11-3-4-11)18-16(22)12-5-6-14(21)20(2)19-12/h5-9,11,15H,3-4H2,1-2H3,(H,18,22)/t15-/m0/s1. The molecule has 3 rings (SSSR count). The third-order valence-electron chi connectivity index (χ3n) is 3.83. The molecular weight excluding hydrogens is 280 g/mol. The smallest absolute Gasteiger partial charge is 0.272 e. The van der Waals surface area contributed by atoms with Crippen LogP contribution in [0, 0.1) is 12.8 Å². The molecule has 6 heteroatoms. The Morgan fingerprint density at radius 3 is 2.77 bits per heavy atom. The van der Waals surface area contributed by atoms with Crippen molar-refractivity contribution in [2.75, 3.05) is 0 Å². The molecule has 2 heterocycles. The Bertz CT molecular complexity index is 765. The lowest BCUT2D eigenvalue weighted by Crippen LogP contribution is -2.33. The molecule has 1 atom stereocenters. The summed E-state index contributed by atoms with van der Waals surface area (Å²) >= 11 is 0. The molecule has 0 aromatic carbocycles. The maximum Gasteiger partial charge on any atom is 0.272 e. The molecule has 114 valence electrons. The van der Waals surface area contributed by atoms with Crippen LogP contribution in [0.5, 0.6) is 0 Å². The minimum Gasteiger partial charge on any atom is -0.342 e. The van der Waals surface area contributed by atoms with Crippen molar-refractivity contribution in [1.82, 2.24) is 20.1 Å². The Hall–Kier alpha value is -2.50. The quantitative estimate of drug-likeness (QED) is 0.924. The number of carbonyl (C=O) groups is 1. The highest BCUT2D eigenvalue weighted by Crippen LogP contribution is 2.40. The molecule has 2 aromatic heterocycles. The van der Waals surface area contributed by atoms with Gasteiger partial charge in [0.05, 0.1) is 11.7 Å². The highest BCUT2D eigenvalue weighted by molar-refractivity contribution is 5.92. The van der Waals surface area contributed by atoms with E-state index >= 15 is 0 Å². The highest BCUT2D eigenvalue weighted by atomic mass is 16.2. The van der Waals surface area contributed by atoms with Gasteiger partial charge < -0.3 is 5.32 Å². The van der Waals surface area contributed by atoms with Gasteiger partial charge in [-0.05, 0) is 49.4 Å². The minimum absolute atomic E-state index is 0.105. The second kappa shape index (κ2) is 5.71. The molecule has 0 radical (unpaired) electrons. The van der Waals surface area contributed by atoms with E-state index in [1.54, 1.807) is 6.20 Å². The second-order valence-electron chi connectivity index (χ2n) is 5.73. The van der Waals surface area contributed by atoms with E-state index in [1.165, 1.54) is 19.2 Å². The zero-order valence-electron chi connectivity index (χ0n) is 12.6. The molecule has 1 amide bonds. The minimum atomic E-state index is -0.282. The molecule has 2 aromatic rings. The summed E-state index contributed by atoms with van der Waals surface area (Å²) in [6.45, 7) is 2.01. The van der Waals surface area contributed by atoms with Crippen molar-refractivity contribution in [3.8, 4) is 0 Å². The van der Waals surface area contributed by atoms with Crippen LogP contribution in [-0.4, -0.2) is 20.7 Å². The molecule has 0 bridgehead atoms. The first-order chi connectivity index (χ1) is 10.5. The molecule has 6 nitrogen and oxygen atoms in total. The van der Waals surface area contributed by atoms with Crippen LogP contribution in [0.3, 0.4) is 0 Å². The first-order valence-corrected chi connectivity index (χ1v) is 7.32. The van der Waals surface area contributed by atoms with Crippen molar-refractivity contribution < 1.29 is 4.79 Å². The number of hydrogen-bond acceptors (Lipinski definition) is 4. The van der Waals surface area contributed by atoms with Crippen molar-refractivity contribution in [2.24, 2.45) is 13.0 Å². The summed E-state index contributed by atoms with van der Waals surface area (Å²) in [5, 5.41) is 6.99. The van der Waals surface area contributed by atoms with E-state index in [4.69, 9.17) is 0 Å². The zero-order chi connectivity index (χ0) is 15.7. The van der Waals surface area contributed by atoms with Gasteiger partial charge in [0.25, 0.3) is 11.5 Å². The van der Waals surface area contributed by atoms with Gasteiger partial charge in [-0.25, -0.2) is 4.68 Å². The van der Waals surface area contributed by atoms with Crippen LogP contribution in [0.2, 0.25) is 0 Å². The molecule has 1 aliphatic rings. The predicted molar refractivity (Wildman–Crippen MR) is 81.4 cm³/mol. The normalized spacial score (nSPS) is 15.4. The number of aryl methyl sites for hydroxylation is 2. The molecular formula is C16H18N4O2. The van der Waals surface area contributed by atoms with E-state index < -0.39 is 0 Å². The van der Waals surface area contributed by atoms with Gasteiger partial charge in [-0.1, -0.05) is 0 Å². The molecule has 1 saturated carbocycles. The van der Waals surface area contributed by atoms with Crippen molar-refractivity contribution in [1.29, 1.82) is 0 Å². The van der Waals surface area contributed by atoms with Crippen LogP contribution in [0.15, 0.2) is 35.3 Å². The first kappa shape index (κ1) is 14.4. The predicted octanol–water partition coefficient (Wildman–Crippen LogP) is 1.36. The number of amides is 1. The molecule has 0 spiro atoms. The third kappa shape index (κ3) is 3.05. The average molecular weight is 298 g/mol. The van der Waals surface area contributed by atoms with Gasteiger partial charge in [0, 0.05) is 19.3 Å². The molecule has 0 saturated heterocycles. The molecule has 1 fully saturated rings. The van der Waals surface area contributed by atoms with Crippen LogP contribution >= 0.6 is 0 Å². The van der Waals surface area contributed by atoms with E-state index in [0.29, 0.717) is 5.92 Å². The SMILES string of the molecule is Cc1ccnc([C@@H](NC(=O)c2ccc(=O)n(C)n2)C2CC2)c1. The van der Waals surface area contributed by atoms with Gasteiger partial charge in [0.15, 0.2) is 0 Å². The molecule has 1 N–H and O–H groups in total. The van der Waals surface area contributed by atoms with Crippen molar-refractivity contribution in [3.63, 3.8) is 0 Å². The van der Waals surface area contributed by atoms with Crippen molar-refractivity contribution in [2.45, 2.75) is 25.8 Å². The maximum absolute atomic E-state index is 12.4. The highest BCUT2D eigenvalue weighted by Gasteiger charge is 2.34. The van der Waals surface area contributed by atoms with E-state index in [9.17, 15) is 9.59 Å². The van der Waals surface area contributed by atoms with E-state index in [0.717, 1.165) is 28.8 Å². The summed E-state index contributed by atoms with van der Waals surface area (Å²) < 4.78 is 1.16. The topological polar surface area (TPSA) is 76.9 Å². The van der Waals surface area contributed by atoms with Crippen LogP contribution in [0.4, 0.5) is 0 Å². The summed E-state index contributed by atoms with van der Waals surface area (Å²) in [6.07, 6.45) is 3.93. The molecule has 0 unspecified atom stereocenters. The summed E-state index contributed by atoms with van der Waals surface area (Å²) in [6, 6.07) is 6.62. The largest absolute Gasteiger partial charge is 0.342 e. The summed E-state index contributed by atoms with van der Waals surface area (Å²) in [5.41, 5.74) is 1.99. The monoisotopic (exact) mass is 298 g/mol. The lowest BCUT2D eigenvalue weighted by Gasteiger charge is -2.18. The van der Waals surface area contributed by atoms with Gasteiger partial charge in [-0.15, -0.1) is 0 Å². The van der Waals surface area contributed by atoms with E-state index in [-0.39, 0.29) is 23.2 Å². The Kier molecular flexibility index (Phi) is 3.75. The maximum atomic E-state index is 12.4. The summed E-state index contributed by atoms with van der Waals surface area (Å²) in [5.74, 6) is 0.140. The number of aromatic nitrogens is 3. The second-order valence-corrected chi connectivity index (χ2v) is 5.73. The van der Waals surface area contributed by atoms with Crippen LogP contribution in [0.25, 0.3) is 0 Å². The molecule has 0 aliphatic heterocycles.